The number of nitrogens with one attached hydrogen (secondary N) is 1. The van der Waals surface area contributed by atoms with Gasteiger partial charge >= 0.3 is 0 Å². The van der Waals surface area contributed by atoms with Gasteiger partial charge in [0.15, 0.2) is 11.5 Å². The van der Waals surface area contributed by atoms with Gasteiger partial charge in [-0.3, -0.25) is 15.1 Å². The average Bonchev–Trinajstić information content (AvgIpc) is 2.72. The van der Waals surface area contributed by atoms with E-state index < -0.39 is 5.91 Å². The Hall–Kier alpha value is -1.44. The first-order valence-corrected chi connectivity index (χ1v) is 5.99. The highest BCUT2D eigenvalue weighted by atomic mass is 16.5. The molecule has 1 atom stereocenters. The van der Waals surface area contributed by atoms with Crippen LogP contribution in [0.25, 0.3) is 0 Å². The smallest absolute Gasteiger partial charge is 0.287 e. The minimum absolute atomic E-state index is 0.201. The number of rotatable bonds is 3. The number of carbonyl (C=O) groups excluding carboxylic acids is 1. The maximum absolute atomic E-state index is 11.2. The number of nitrogens with two attached hydrogens (primary N) is 1. The van der Waals surface area contributed by atoms with Crippen LogP contribution in [0.5, 0.6) is 0 Å². The molecule has 1 aromatic rings. The number of amides is 1. The number of carbonyl (C=O) groups is 1. The Labute approximate surface area is 105 Å². The zero-order valence-electron chi connectivity index (χ0n) is 10.4. The maximum atomic E-state index is 11.2. The van der Waals surface area contributed by atoms with Gasteiger partial charge in [0, 0.05) is 25.8 Å². The van der Waals surface area contributed by atoms with Gasteiger partial charge in [0.1, 0.15) is 0 Å². The van der Waals surface area contributed by atoms with Gasteiger partial charge in [0.25, 0.3) is 5.91 Å². The molecular formula is C11H18N4O3. The molecule has 1 saturated heterocycles. The fourth-order valence-corrected chi connectivity index (χ4v) is 2.01. The number of ether oxygens (including phenoxy) is 1. The van der Waals surface area contributed by atoms with Gasteiger partial charge in [-0.25, -0.2) is 5.84 Å². The number of nitrogens with zero attached hydrogens (tertiary/aromatic N) is 2. The molecule has 1 aliphatic rings. The molecule has 7 heteroatoms. The summed E-state index contributed by atoms with van der Waals surface area (Å²) in [6.45, 7) is 5.25. The Bertz CT molecular complexity index is 407. The lowest BCUT2D eigenvalue weighted by atomic mass is 10.3. The van der Waals surface area contributed by atoms with Gasteiger partial charge in [-0.15, -0.1) is 0 Å². The lowest BCUT2D eigenvalue weighted by Crippen LogP contribution is -2.30. The molecule has 1 fully saturated rings. The summed E-state index contributed by atoms with van der Waals surface area (Å²) in [7, 11) is 0. The van der Waals surface area contributed by atoms with E-state index in [2.05, 4.69) is 10.1 Å². The SMILES string of the molecule is CC1CN(Cc2cc(C(=O)NN)no2)CCCO1. The van der Waals surface area contributed by atoms with Gasteiger partial charge in [-0.2, -0.15) is 0 Å². The third-order valence-corrected chi connectivity index (χ3v) is 2.84. The summed E-state index contributed by atoms with van der Waals surface area (Å²) in [5, 5.41) is 3.67. The quantitative estimate of drug-likeness (QED) is 0.444. The van der Waals surface area contributed by atoms with Crippen molar-refractivity contribution in [3.8, 4) is 0 Å². The first kappa shape index (κ1) is 13.0. The highest BCUT2D eigenvalue weighted by molar-refractivity contribution is 5.91. The van der Waals surface area contributed by atoms with Crippen molar-refractivity contribution < 1.29 is 14.1 Å². The first-order valence-electron chi connectivity index (χ1n) is 5.99. The fraction of sp³-hybridized carbons (Fsp3) is 0.636. The molecule has 2 rings (SSSR count). The third-order valence-electron chi connectivity index (χ3n) is 2.84. The Balaban J connectivity index is 1.95. The minimum atomic E-state index is -0.447. The third kappa shape index (κ3) is 3.28. The summed E-state index contributed by atoms with van der Waals surface area (Å²) in [5.41, 5.74) is 2.22. The van der Waals surface area contributed by atoms with Crippen LogP contribution in [0.15, 0.2) is 10.6 Å². The molecule has 2 heterocycles. The van der Waals surface area contributed by atoms with Crippen molar-refractivity contribution in [2.75, 3.05) is 19.7 Å². The largest absolute Gasteiger partial charge is 0.377 e. The van der Waals surface area contributed by atoms with Crippen LogP contribution in [0, 0.1) is 0 Å². The molecular weight excluding hydrogens is 236 g/mol. The number of hydrogen-bond donors (Lipinski definition) is 2. The van der Waals surface area contributed by atoms with Crippen molar-refractivity contribution in [1.82, 2.24) is 15.5 Å². The van der Waals surface area contributed by atoms with Crippen molar-refractivity contribution in [2.45, 2.75) is 26.0 Å². The van der Waals surface area contributed by atoms with Crippen LogP contribution in [0.2, 0.25) is 0 Å². The van der Waals surface area contributed by atoms with E-state index in [0.29, 0.717) is 12.3 Å². The molecule has 1 amide bonds. The monoisotopic (exact) mass is 254 g/mol. The highest BCUT2D eigenvalue weighted by Crippen LogP contribution is 2.11. The topological polar surface area (TPSA) is 93.6 Å². The van der Waals surface area contributed by atoms with Crippen molar-refractivity contribution in [3.63, 3.8) is 0 Å². The van der Waals surface area contributed by atoms with Crippen molar-refractivity contribution in [2.24, 2.45) is 5.84 Å². The number of aromatic nitrogens is 1. The zero-order chi connectivity index (χ0) is 13.0. The van der Waals surface area contributed by atoms with Crippen LogP contribution in [0.4, 0.5) is 0 Å². The molecule has 1 aromatic heterocycles. The standard InChI is InChI=1S/C11H18N4O3/c1-8-6-15(3-2-4-17-8)7-9-5-10(14-18-9)11(16)13-12/h5,8H,2-4,6-7,12H2,1H3,(H,13,16). The van der Waals surface area contributed by atoms with E-state index in [-0.39, 0.29) is 11.8 Å². The van der Waals surface area contributed by atoms with Crippen LogP contribution in [0.1, 0.15) is 29.6 Å². The summed E-state index contributed by atoms with van der Waals surface area (Å²) < 4.78 is 10.7. The van der Waals surface area contributed by atoms with Gasteiger partial charge in [-0.1, -0.05) is 5.16 Å². The summed E-state index contributed by atoms with van der Waals surface area (Å²) in [6, 6.07) is 1.61. The second-order valence-corrected chi connectivity index (χ2v) is 4.42. The molecule has 1 aliphatic heterocycles. The Morgan fingerprint density at radius 3 is 3.33 bits per heavy atom. The molecule has 0 bridgehead atoms. The summed E-state index contributed by atoms with van der Waals surface area (Å²) >= 11 is 0. The van der Waals surface area contributed by atoms with Crippen LogP contribution >= 0.6 is 0 Å². The van der Waals surface area contributed by atoms with Gasteiger partial charge in [0.2, 0.25) is 0 Å². The first-order chi connectivity index (χ1) is 8.69. The predicted molar refractivity (Wildman–Crippen MR) is 63.5 cm³/mol. The summed E-state index contributed by atoms with van der Waals surface area (Å²) in [4.78, 5) is 13.5. The second-order valence-electron chi connectivity index (χ2n) is 4.42. The van der Waals surface area contributed by atoms with E-state index in [9.17, 15) is 4.79 Å². The van der Waals surface area contributed by atoms with Crippen LogP contribution < -0.4 is 11.3 Å². The van der Waals surface area contributed by atoms with Crippen molar-refractivity contribution >= 4 is 5.91 Å². The van der Waals surface area contributed by atoms with E-state index in [1.54, 1.807) is 6.07 Å². The second kappa shape index (κ2) is 5.94. The number of nitrogen functional groups attached to an aromatic ring is 1. The zero-order valence-corrected chi connectivity index (χ0v) is 10.4. The number of hydrazine groups is 1. The Morgan fingerprint density at radius 2 is 2.56 bits per heavy atom. The average molecular weight is 254 g/mol. The molecule has 0 aromatic carbocycles. The number of hydrogen-bond acceptors (Lipinski definition) is 6. The fourth-order valence-electron chi connectivity index (χ4n) is 2.01. The molecule has 100 valence electrons. The van der Waals surface area contributed by atoms with Crippen molar-refractivity contribution in [1.29, 1.82) is 0 Å². The molecule has 18 heavy (non-hydrogen) atoms. The van der Waals surface area contributed by atoms with E-state index >= 15 is 0 Å². The molecule has 1 unspecified atom stereocenters. The molecule has 0 radical (unpaired) electrons. The molecule has 0 aliphatic carbocycles. The van der Waals surface area contributed by atoms with Crippen LogP contribution in [-0.2, 0) is 11.3 Å². The van der Waals surface area contributed by atoms with Gasteiger partial charge in [-0.05, 0) is 13.3 Å². The molecule has 0 spiro atoms. The molecule has 7 nitrogen and oxygen atoms in total. The molecule has 0 saturated carbocycles. The lowest BCUT2D eigenvalue weighted by Gasteiger charge is -2.19. The van der Waals surface area contributed by atoms with Gasteiger partial charge in [0.05, 0.1) is 12.6 Å². The van der Waals surface area contributed by atoms with E-state index in [4.69, 9.17) is 15.1 Å². The maximum Gasteiger partial charge on any atom is 0.287 e. The summed E-state index contributed by atoms with van der Waals surface area (Å²) in [5.74, 6) is 5.24. The van der Waals surface area contributed by atoms with E-state index in [1.165, 1.54) is 0 Å². The summed E-state index contributed by atoms with van der Waals surface area (Å²) in [6.07, 6.45) is 1.21. The highest BCUT2D eigenvalue weighted by Gasteiger charge is 2.18. The normalized spacial score (nSPS) is 21.6. The van der Waals surface area contributed by atoms with Gasteiger partial charge < -0.3 is 9.26 Å². The van der Waals surface area contributed by atoms with Crippen molar-refractivity contribution in [3.05, 3.63) is 17.5 Å². The lowest BCUT2D eigenvalue weighted by molar-refractivity contribution is 0.0656. The van der Waals surface area contributed by atoms with E-state index in [1.807, 2.05) is 12.3 Å². The molecule has 3 N–H and O–H groups in total. The van der Waals surface area contributed by atoms with E-state index in [0.717, 1.165) is 26.1 Å². The Kier molecular flexibility index (Phi) is 4.29. The minimum Gasteiger partial charge on any atom is -0.377 e. The Morgan fingerprint density at radius 1 is 1.72 bits per heavy atom. The van der Waals surface area contributed by atoms with Crippen LogP contribution in [-0.4, -0.2) is 41.8 Å². The van der Waals surface area contributed by atoms with Crippen LogP contribution in [0.3, 0.4) is 0 Å². The predicted octanol–water partition coefficient (Wildman–Crippen LogP) is -0.111.